The van der Waals surface area contributed by atoms with E-state index in [0.29, 0.717) is 29.9 Å². The molecule has 0 saturated carbocycles. The van der Waals surface area contributed by atoms with E-state index >= 15 is 0 Å². The molecule has 0 aliphatic heterocycles. The van der Waals surface area contributed by atoms with Gasteiger partial charge in [0.25, 0.3) is 0 Å². The maximum Gasteiger partial charge on any atom is 0.239 e. The van der Waals surface area contributed by atoms with E-state index in [4.69, 9.17) is 21.0 Å². The normalized spacial score (nSPS) is 9.74. The van der Waals surface area contributed by atoms with Crippen molar-refractivity contribution in [3.05, 3.63) is 12.1 Å². The molecule has 0 fully saturated rings. The lowest BCUT2D eigenvalue weighted by atomic mass is 10.2. The molecular formula is C13H17N5O. The molecule has 0 unspecified atom stereocenters. The third kappa shape index (κ3) is 4.36. The molecule has 0 aliphatic rings. The van der Waals surface area contributed by atoms with Crippen molar-refractivity contribution in [2.75, 3.05) is 30.3 Å². The smallest absolute Gasteiger partial charge is 0.239 e. The zero-order chi connectivity index (χ0) is 14.3. The first kappa shape index (κ1) is 14.6. The fraction of sp³-hybridized carbons (Fsp3) is 0.462. The molecule has 100 valence electrons. The highest BCUT2D eigenvalue weighted by Gasteiger charge is 2.11. The van der Waals surface area contributed by atoms with Crippen LogP contribution in [0.1, 0.15) is 13.8 Å². The second-order valence-corrected chi connectivity index (χ2v) is 4.44. The SMILES string of the molecule is CC(C)COc1nc(N(CC#N)CC#N)ccc1N. The van der Waals surface area contributed by atoms with E-state index in [9.17, 15) is 0 Å². The minimum Gasteiger partial charge on any atom is -0.476 e. The summed E-state index contributed by atoms with van der Waals surface area (Å²) in [5.74, 6) is 1.21. The highest BCUT2D eigenvalue weighted by Crippen LogP contribution is 2.23. The van der Waals surface area contributed by atoms with Crippen LogP contribution in [0.15, 0.2) is 12.1 Å². The van der Waals surface area contributed by atoms with E-state index in [2.05, 4.69) is 4.98 Å². The zero-order valence-electron chi connectivity index (χ0n) is 11.1. The predicted octanol–water partition coefficient (Wildman–Crippen LogP) is 1.55. The molecule has 0 atom stereocenters. The van der Waals surface area contributed by atoms with Crippen LogP contribution in [0.3, 0.4) is 0 Å². The van der Waals surface area contributed by atoms with Gasteiger partial charge in [0, 0.05) is 0 Å². The molecule has 0 aliphatic carbocycles. The van der Waals surface area contributed by atoms with E-state index in [1.54, 1.807) is 17.0 Å². The molecule has 6 nitrogen and oxygen atoms in total. The Balaban J connectivity index is 2.93. The Labute approximate surface area is 113 Å². The number of ether oxygens (including phenoxy) is 1. The fourth-order valence-corrected chi connectivity index (χ4v) is 1.37. The number of hydrogen-bond acceptors (Lipinski definition) is 6. The van der Waals surface area contributed by atoms with Gasteiger partial charge in [-0.25, -0.2) is 0 Å². The maximum atomic E-state index is 8.74. The van der Waals surface area contributed by atoms with Crippen molar-refractivity contribution in [2.45, 2.75) is 13.8 Å². The Morgan fingerprint density at radius 2 is 1.95 bits per heavy atom. The van der Waals surface area contributed by atoms with Gasteiger partial charge >= 0.3 is 0 Å². The van der Waals surface area contributed by atoms with Crippen LogP contribution >= 0.6 is 0 Å². The van der Waals surface area contributed by atoms with E-state index < -0.39 is 0 Å². The van der Waals surface area contributed by atoms with Crippen LogP contribution in [0.4, 0.5) is 11.5 Å². The van der Waals surface area contributed by atoms with Crippen molar-refractivity contribution in [2.24, 2.45) is 5.92 Å². The molecule has 0 amide bonds. The molecule has 0 aromatic carbocycles. The molecule has 1 heterocycles. The van der Waals surface area contributed by atoms with Crippen LogP contribution in [0.2, 0.25) is 0 Å². The van der Waals surface area contributed by atoms with Gasteiger partial charge in [-0.05, 0) is 18.1 Å². The lowest BCUT2D eigenvalue weighted by Gasteiger charge is -2.18. The van der Waals surface area contributed by atoms with Crippen LogP contribution in [-0.4, -0.2) is 24.7 Å². The summed E-state index contributed by atoms with van der Waals surface area (Å²) >= 11 is 0. The monoisotopic (exact) mass is 259 g/mol. The van der Waals surface area contributed by atoms with Crippen LogP contribution < -0.4 is 15.4 Å². The van der Waals surface area contributed by atoms with Gasteiger partial charge in [0.1, 0.15) is 18.9 Å². The van der Waals surface area contributed by atoms with E-state index in [0.717, 1.165) is 0 Å². The lowest BCUT2D eigenvalue weighted by molar-refractivity contribution is 0.263. The van der Waals surface area contributed by atoms with E-state index in [1.807, 2.05) is 26.0 Å². The van der Waals surface area contributed by atoms with Gasteiger partial charge in [0.15, 0.2) is 0 Å². The molecule has 1 rings (SSSR count). The molecule has 6 heteroatoms. The first-order chi connectivity index (χ1) is 9.08. The first-order valence-electron chi connectivity index (χ1n) is 5.96. The first-order valence-corrected chi connectivity index (χ1v) is 5.96. The van der Waals surface area contributed by atoms with Crippen molar-refractivity contribution >= 4 is 11.5 Å². The Morgan fingerprint density at radius 1 is 1.32 bits per heavy atom. The predicted molar refractivity (Wildman–Crippen MR) is 72.4 cm³/mol. The minimum atomic E-state index is 0.0914. The fourth-order valence-electron chi connectivity index (χ4n) is 1.37. The van der Waals surface area contributed by atoms with Crippen LogP contribution in [-0.2, 0) is 0 Å². The Bertz CT molecular complexity index is 485. The lowest BCUT2D eigenvalue weighted by Crippen LogP contribution is -2.25. The average Bonchev–Trinajstić information content (AvgIpc) is 2.37. The van der Waals surface area contributed by atoms with Crippen molar-refractivity contribution in [3.63, 3.8) is 0 Å². The van der Waals surface area contributed by atoms with Crippen LogP contribution in [0.25, 0.3) is 0 Å². The summed E-state index contributed by atoms with van der Waals surface area (Å²) in [4.78, 5) is 5.82. The van der Waals surface area contributed by atoms with Crippen molar-refractivity contribution < 1.29 is 4.74 Å². The van der Waals surface area contributed by atoms with Crippen molar-refractivity contribution in [1.82, 2.24) is 4.98 Å². The van der Waals surface area contributed by atoms with Gasteiger partial charge in [-0.2, -0.15) is 15.5 Å². The molecule has 2 N–H and O–H groups in total. The summed E-state index contributed by atoms with van der Waals surface area (Å²) in [6, 6.07) is 7.34. The number of nitrogens with zero attached hydrogens (tertiary/aromatic N) is 4. The topological polar surface area (TPSA) is 99.0 Å². The van der Waals surface area contributed by atoms with Gasteiger partial charge in [-0.15, -0.1) is 0 Å². The second kappa shape index (κ2) is 7.07. The van der Waals surface area contributed by atoms with E-state index in [-0.39, 0.29) is 13.1 Å². The van der Waals surface area contributed by atoms with E-state index in [1.165, 1.54) is 0 Å². The molecule has 0 spiro atoms. The Morgan fingerprint density at radius 3 is 2.47 bits per heavy atom. The number of nitrogen functional groups attached to an aromatic ring is 1. The number of hydrogen-bond donors (Lipinski definition) is 1. The van der Waals surface area contributed by atoms with Crippen molar-refractivity contribution in [1.29, 1.82) is 10.5 Å². The molecular weight excluding hydrogens is 242 g/mol. The number of anilines is 2. The summed E-state index contributed by atoms with van der Waals surface area (Å²) < 4.78 is 5.52. The summed E-state index contributed by atoms with van der Waals surface area (Å²) in [6.45, 7) is 4.74. The minimum absolute atomic E-state index is 0.0914. The maximum absolute atomic E-state index is 8.74. The second-order valence-electron chi connectivity index (χ2n) is 4.44. The van der Waals surface area contributed by atoms with Gasteiger partial charge in [0.2, 0.25) is 5.88 Å². The van der Waals surface area contributed by atoms with Crippen LogP contribution in [0.5, 0.6) is 5.88 Å². The highest BCUT2D eigenvalue weighted by molar-refractivity contribution is 5.55. The molecule has 0 bridgehead atoms. The van der Waals surface area contributed by atoms with Gasteiger partial charge in [0.05, 0.1) is 24.4 Å². The number of rotatable bonds is 6. The van der Waals surface area contributed by atoms with Crippen LogP contribution in [0, 0.1) is 28.6 Å². The third-order valence-electron chi connectivity index (χ3n) is 2.28. The zero-order valence-corrected chi connectivity index (χ0v) is 11.1. The number of nitrogens with two attached hydrogens (primary N) is 1. The van der Waals surface area contributed by atoms with Gasteiger partial charge in [-0.3, -0.25) is 0 Å². The Kier molecular flexibility index (Phi) is 5.43. The van der Waals surface area contributed by atoms with Gasteiger partial charge in [-0.1, -0.05) is 13.8 Å². The molecule has 1 aromatic heterocycles. The largest absolute Gasteiger partial charge is 0.476 e. The standard InChI is InChI=1S/C13H17N5O/c1-10(2)9-19-13-11(16)3-4-12(17-13)18(7-5-14)8-6-15/h3-4,10H,7-9,16H2,1-2H3. The number of nitriles is 2. The summed E-state index contributed by atoms with van der Waals surface area (Å²) in [5, 5.41) is 17.5. The molecule has 0 saturated heterocycles. The summed E-state index contributed by atoms with van der Waals surface area (Å²) in [5.41, 5.74) is 6.23. The molecule has 19 heavy (non-hydrogen) atoms. The number of aromatic nitrogens is 1. The highest BCUT2D eigenvalue weighted by atomic mass is 16.5. The quantitative estimate of drug-likeness (QED) is 0.778. The average molecular weight is 259 g/mol. The Hall–Kier alpha value is -2.47. The third-order valence-corrected chi connectivity index (χ3v) is 2.28. The summed E-state index contributed by atoms with van der Waals surface area (Å²) in [6.07, 6.45) is 0. The molecule has 1 aromatic rings. The number of pyridine rings is 1. The summed E-state index contributed by atoms with van der Waals surface area (Å²) in [7, 11) is 0. The molecule has 0 radical (unpaired) electrons. The van der Waals surface area contributed by atoms with Crippen molar-refractivity contribution in [3.8, 4) is 18.0 Å². The van der Waals surface area contributed by atoms with Gasteiger partial charge < -0.3 is 15.4 Å².